The van der Waals surface area contributed by atoms with Crippen molar-refractivity contribution in [2.45, 2.75) is 79.1 Å². The number of carbonyl (C=O) groups excluding carboxylic acids is 3. The summed E-state index contributed by atoms with van der Waals surface area (Å²) in [6.07, 6.45) is -3.08. The quantitative estimate of drug-likeness (QED) is 0.0817. The van der Waals surface area contributed by atoms with Crippen molar-refractivity contribution in [2.24, 2.45) is 0 Å². The van der Waals surface area contributed by atoms with E-state index in [1.165, 1.54) is 72.8 Å². The van der Waals surface area contributed by atoms with Crippen molar-refractivity contribution >= 4 is 36.4 Å². The topological polar surface area (TPSA) is 218 Å². The summed E-state index contributed by atoms with van der Waals surface area (Å²) in [5, 5.41) is 32.4. The number of aromatic carboxylic acids is 3. The Morgan fingerprint density at radius 1 is 0.368 bits per heavy atom. The van der Waals surface area contributed by atoms with Crippen LogP contribution in [0.4, 0.5) is 14.4 Å². The van der Waals surface area contributed by atoms with Gasteiger partial charge in [0.1, 0.15) is 34.1 Å². The first-order valence-corrected chi connectivity index (χ1v) is 17.3. The molecule has 4 aromatic rings. The van der Waals surface area contributed by atoms with E-state index in [1.807, 2.05) is 0 Å². The van der Waals surface area contributed by atoms with Crippen molar-refractivity contribution in [1.82, 2.24) is 0 Å². The molecule has 0 aliphatic carbocycles. The molecule has 0 spiro atoms. The molecule has 0 saturated carbocycles. The minimum absolute atomic E-state index is 0.00413. The molecule has 0 saturated heterocycles. The number of ether oxygens (including phenoxy) is 6. The Kier molecular flexibility index (Phi) is 12.4. The van der Waals surface area contributed by atoms with Crippen LogP contribution in [0.2, 0.25) is 0 Å². The molecule has 0 amide bonds. The van der Waals surface area contributed by atoms with Crippen LogP contribution in [0.15, 0.2) is 72.8 Å². The van der Waals surface area contributed by atoms with Crippen LogP contribution < -0.4 is 14.2 Å². The van der Waals surface area contributed by atoms with Gasteiger partial charge in [0.2, 0.25) is 0 Å². The van der Waals surface area contributed by atoms with Gasteiger partial charge in [0.25, 0.3) is 0 Å². The lowest BCUT2D eigenvalue weighted by molar-refractivity contribution is 0.0193. The Morgan fingerprint density at radius 3 is 0.719 bits per heavy atom. The molecule has 0 aliphatic heterocycles. The Bertz CT molecular complexity index is 1920. The fourth-order valence-corrected chi connectivity index (χ4v) is 5.43. The molecule has 3 N–H and O–H groups in total. The van der Waals surface area contributed by atoms with E-state index in [9.17, 15) is 44.1 Å². The molecule has 0 unspecified atom stereocenters. The van der Waals surface area contributed by atoms with Gasteiger partial charge < -0.3 is 43.7 Å². The molecule has 4 rings (SSSR count). The highest BCUT2D eigenvalue weighted by atomic mass is 16.7. The second-order valence-electron chi connectivity index (χ2n) is 15.4. The number of carbonyl (C=O) groups is 6. The molecule has 15 nitrogen and oxygen atoms in total. The summed E-state index contributed by atoms with van der Waals surface area (Å²) < 4.78 is 31.3. The molecule has 15 heteroatoms. The fourth-order valence-electron chi connectivity index (χ4n) is 5.43. The average molecular weight is 787 g/mol. The van der Waals surface area contributed by atoms with Crippen molar-refractivity contribution in [3.05, 3.63) is 89.5 Å². The molecule has 0 atom stereocenters. The first-order chi connectivity index (χ1) is 26.3. The monoisotopic (exact) mass is 786 g/mol. The summed E-state index contributed by atoms with van der Waals surface area (Å²) in [6.45, 7) is 14.7. The van der Waals surface area contributed by atoms with Crippen LogP contribution in [0.3, 0.4) is 0 Å². The van der Waals surface area contributed by atoms with Crippen LogP contribution in [-0.2, 0) is 14.2 Å². The van der Waals surface area contributed by atoms with Gasteiger partial charge in [0.05, 0.1) is 16.7 Å². The summed E-state index contributed by atoms with van der Waals surface area (Å²) in [6, 6.07) is 15.5. The highest BCUT2D eigenvalue weighted by Gasteiger charge is 2.35. The van der Waals surface area contributed by atoms with Crippen molar-refractivity contribution < 1.29 is 72.5 Å². The predicted molar refractivity (Wildman–Crippen MR) is 204 cm³/mol. The number of hydrogen-bond acceptors (Lipinski definition) is 12. The van der Waals surface area contributed by atoms with Gasteiger partial charge in [0.15, 0.2) is 0 Å². The van der Waals surface area contributed by atoms with Crippen LogP contribution in [-0.4, -0.2) is 68.5 Å². The standard InChI is InChI=1S/C42H42O15/c1-40(2,3)55-37(49)52-25-16-10-22(11-17-25)28-31(34(43)44)29(23-12-18-26(19-13-23)53-38(50)56-41(4,5)6)33(36(47)48)30(32(28)35(45)46)24-14-20-27(21-15-24)54-39(51)57-42(7,8)9/h10-21H,1-9H3,(H,43,44)(H,45,46)(H,47,48). The third-order valence-electron chi connectivity index (χ3n) is 7.34. The van der Waals surface area contributed by atoms with Crippen LogP contribution in [0.1, 0.15) is 93.4 Å². The lowest BCUT2D eigenvalue weighted by Gasteiger charge is -2.23. The highest BCUT2D eigenvalue weighted by molar-refractivity contribution is 6.20. The van der Waals surface area contributed by atoms with E-state index in [4.69, 9.17) is 28.4 Å². The van der Waals surface area contributed by atoms with Crippen LogP contribution in [0.5, 0.6) is 17.2 Å². The summed E-state index contributed by atoms with van der Waals surface area (Å²) in [5.41, 5.74) is -5.89. The molecule has 0 aliphatic rings. The minimum Gasteiger partial charge on any atom is -0.478 e. The second kappa shape index (κ2) is 16.5. The third-order valence-corrected chi connectivity index (χ3v) is 7.34. The average Bonchev–Trinajstić information content (AvgIpc) is 3.05. The Balaban J connectivity index is 2.02. The summed E-state index contributed by atoms with van der Waals surface area (Å²) in [5.74, 6) is -5.11. The molecule has 0 radical (unpaired) electrons. The van der Waals surface area contributed by atoms with Gasteiger partial charge in [-0.25, -0.2) is 28.8 Å². The Labute approximate surface area is 327 Å². The van der Waals surface area contributed by atoms with Gasteiger partial charge in [-0.3, -0.25) is 0 Å². The maximum absolute atomic E-state index is 13.3. The number of hydrogen-bond donors (Lipinski definition) is 3. The smallest absolute Gasteiger partial charge is 0.478 e. The Hall–Kier alpha value is -6.90. The summed E-state index contributed by atoms with van der Waals surface area (Å²) in [7, 11) is 0. The van der Waals surface area contributed by atoms with Crippen LogP contribution >= 0.6 is 0 Å². The Morgan fingerprint density at radius 2 is 0.561 bits per heavy atom. The van der Waals surface area contributed by atoms with Crippen LogP contribution in [0.25, 0.3) is 33.4 Å². The van der Waals surface area contributed by atoms with Gasteiger partial charge >= 0.3 is 36.4 Å². The van der Waals surface area contributed by atoms with E-state index in [-0.39, 0.29) is 33.9 Å². The van der Waals surface area contributed by atoms with Gasteiger partial charge in [-0.2, -0.15) is 0 Å². The number of rotatable bonds is 9. The van der Waals surface area contributed by atoms with Gasteiger partial charge in [-0.1, -0.05) is 36.4 Å². The molecule has 0 fully saturated rings. The van der Waals surface area contributed by atoms with Gasteiger partial charge in [-0.15, -0.1) is 0 Å². The predicted octanol–water partition coefficient (Wildman–Crippen LogP) is 9.72. The normalized spacial score (nSPS) is 11.5. The largest absolute Gasteiger partial charge is 0.514 e. The first-order valence-electron chi connectivity index (χ1n) is 17.3. The number of carboxylic acids is 3. The maximum atomic E-state index is 13.3. The summed E-state index contributed by atoms with van der Waals surface area (Å²) >= 11 is 0. The maximum Gasteiger partial charge on any atom is 0.514 e. The van der Waals surface area contributed by atoms with E-state index >= 15 is 0 Å². The van der Waals surface area contributed by atoms with Gasteiger partial charge in [0, 0.05) is 16.7 Å². The zero-order valence-corrected chi connectivity index (χ0v) is 32.7. The van der Waals surface area contributed by atoms with E-state index < -0.39 is 86.6 Å². The lowest BCUT2D eigenvalue weighted by Crippen LogP contribution is -2.25. The molecule has 0 bridgehead atoms. The van der Waals surface area contributed by atoms with Crippen molar-refractivity contribution in [3.63, 3.8) is 0 Å². The number of benzene rings is 4. The SMILES string of the molecule is CC(C)(C)OC(=O)Oc1ccc(-c2c(C(=O)O)c(-c3ccc(OC(=O)OC(C)(C)C)cc3)c(C(=O)O)c(-c3ccc(OC(=O)OC(C)(C)C)cc3)c2C(=O)O)cc1. The molecule has 300 valence electrons. The number of carboxylic acid groups (broad SMARTS) is 3. The second-order valence-corrected chi connectivity index (χ2v) is 15.4. The van der Waals surface area contributed by atoms with E-state index in [2.05, 4.69) is 0 Å². The van der Waals surface area contributed by atoms with Crippen molar-refractivity contribution in [3.8, 4) is 50.6 Å². The third kappa shape index (κ3) is 11.3. The molecule has 0 heterocycles. The van der Waals surface area contributed by atoms with E-state index in [0.717, 1.165) is 0 Å². The zero-order valence-electron chi connectivity index (χ0n) is 32.7. The molecular formula is C42H42O15. The van der Waals surface area contributed by atoms with Crippen molar-refractivity contribution in [2.75, 3.05) is 0 Å². The molecule has 57 heavy (non-hydrogen) atoms. The van der Waals surface area contributed by atoms with Gasteiger partial charge in [-0.05, 0) is 115 Å². The molecular weight excluding hydrogens is 744 g/mol. The lowest BCUT2D eigenvalue weighted by atomic mass is 9.79. The van der Waals surface area contributed by atoms with E-state index in [1.54, 1.807) is 62.3 Å². The van der Waals surface area contributed by atoms with Crippen LogP contribution in [0, 0.1) is 0 Å². The minimum atomic E-state index is -1.68. The highest BCUT2D eigenvalue weighted by Crippen LogP contribution is 2.46. The summed E-state index contributed by atoms with van der Waals surface area (Å²) in [4.78, 5) is 76.9. The molecule has 0 aromatic heterocycles. The van der Waals surface area contributed by atoms with E-state index in [0.29, 0.717) is 0 Å². The fraction of sp³-hybridized carbons (Fsp3) is 0.286. The first kappa shape index (κ1) is 42.8. The van der Waals surface area contributed by atoms with Crippen molar-refractivity contribution in [1.29, 1.82) is 0 Å². The zero-order chi connectivity index (χ0) is 42.6. The molecule has 4 aromatic carbocycles.